The van der Waals surface area contributed by atoms with Crippen LogP contribution in [-0.2, 0) is 10.1 Å². The van der Waals surface area contributed by atoms with Gasteiger partial charge in [0.15, 0.2) is 5.76 Å². The molecule has 0 amide bonds. The van der Waals surface area contributed by atoms with E-state index in [-0.39, 0.29) is 10.7 Å². The van der Waals surface area contributed by atoms with Crippen molar-refractivity contribution in [1.29, 1.82) is 0 Å². The second kappa shape index (κ2) is 7.16. The fourth-order valence-electron chi connectivity index (χ4n) is 3.78. The van der Waals surface area contributed by atoms with Crippen LogP contribution in [0.3, 0.4) is 0 Å². The summed E-state index contributed by atoms with van der Waals surface area (Å²) in [5.74, 6) is 0.00449. The van der Waals surface area contributed by atoms with Gasteiger partial charge in [0.25, 0.3) is 10.1 Å². The number of hydrogen-bond acceptors (Lipinski definition) is 7. The number of rotatable bonds is 2. The van der Waals surface area contributed by atoms with Crippen LogP contribution in [0.2, 0.25) is 0 Å². The highest BCUT2D eigenvalue weighted by molar-refractivity contribution is 7.85. The molecule has 1 aromatic rings. The Morgan fingerprint density at radius 2 is 1.21 bits per heavy atom. The smallest absolute Gasteiger partial charge is 0.298 e. The third-order valence-electron chi connectivity index (χ3n) is 5.19. The number of fused-ring (bicyclic) bond motifs is 4. The van der Waals surface area contributed by atoms with E-state index in [2.05, 4.69) is 20.0 Å². The lowest BCUT2D eigenvalue weighted by Gasteiger charge is -2.03. The lowest BCUT2D eigenvalue weighted by molar-refractivity contribution is 0.478. The van der Waals surface area contributed by atoms with Gasteiger partial charge in [0.2, 0.25) is 0 Å². The molecule has 0 aliphatic carbocycles. The maximum Gasteiger partial charge on any atom is 0.298 e. The molecular weight excluding hydrogens is 440 g/mol. The molecule has 0 unspecified atom stereocenters. The molecule has 0 atom stereocenters. The number of aliphatic imine (C=N–C) groups is 4. The van der Waals surface area contributed by atoms with E-state index < -0.39 is 10.1 Å². The average Bonchev–Trinajstić information content (AvgIpc) is 3.55. The molecule has 33 heavy (non-hydrogen) atoms. The largest absolute Gasteiger partial charge is 0.463 e. The average molecular weight is 454 g/mol. The highest BCUT2D eigenvalue weighted by Crippen LogP contribution is 2.35. The first-order valence-corrected chi connectivity index (χ1v) is 11.4. The minimum Gasteiger partial charge on any atom is -0.463 e. The van der Waals surface area contributed by atoms with Gasteiger partial charge < -0.3 is 4.42 Å². The molecule has 6 rings (SSSR count). The van der Waals surface area contributed by atoms with Gasteiger partial charge in [-0.2, -0.15) is 8.42 Å². The Bertz CT molecular complexity index is 1610. The van der Waals surface area contributed by atoms with Crippen molar-refractivity contribution >= 4 is 38.5 Å². The van der Waals surface area contributed by atoms with Gasteiger partial charge >= 0.3 is 0 Å². The van der Waals surface area contributed by atoms with Crippen molar-refractivity contribution in [3.63, 3.8) is 0 Å². The van der Waals surface area contributed by atoms with Crippen molar-refractivity contribution in [2.75, 3.05) is 0 Å². The molecule has 8 nitrogen and oxygen atoms in total. The fraction of sp³-hybridized carbons (Fsp3) is 0. The zero-order chi connectivity index (χ0) is 22.6. The van der Waals surface area contributed by atoms with Crippen LogP contribution >= 0.6 is 0 Å². The fourth-order valence-corrected chi connectivity index (χ4v) is 4.40. The van der Waals surface area contributed by atoms with E-state index in [4.69, 9.17) is 4.42 Å². The van der Waals surface area contributed by atoms with Crippen LogP contribution in [0.15, 0.2) is 131 Å². The quantitative estimate of drug-likeness (QED) is 0.681. The molecule has 0 saturated carbocycles. The van der Waals surface area contributed by atoms with Crippen LogP contribution in [0, 0.1) is 0 Å². The third kappa shape index (κ3) is 3.69. The molecule has 9 heteroatoms. The van der Waals surface area contributed by atoms with Crippen LogP contribution in [0.1, 0.15) is 5.76 Å². The van der Waals surface area contributed by atoms with E-state index in [0.29, 0.717) is 28.4 Å². The van der Waals surface area contributed by atoms with E-state index >= 15 is 0 Å². The molecule has 8 bridgehead atoms. The second-order valence-electron chi connectivity index (χ2n) is 7.53. The molecule has 5 aliphatic rings. The Morgan fingerprint density at radius 3 is 1.79 bits per heavy atom. The van der Waals surface area contributed by atoms with Crippen molar-refractivity contribution in [3.05, 3.63) is 108 Å². The molecule has 5 aliphatic heterocycles. The van der Waals surface area contributed by atoms with E-state index in [0.717, 1.165) is 22.8 Å². The Kier molecular flexibility index (Phi) is 4.22. The molecular formula is C24H14N4O4S. The summed E-state index contributed by atoms with van der Waals surface area (Å²) in [6.07, 6.45) is 21.4. The van der Waals surface area contributed by atoms with Gasteiger partial charge in [0.05, 0.1) is 51.9 Å². The maximum atomic E-state index is 11.8. The van der Waals surface area contributed by atoms with Crippen molar-refractivity contribution in [1.82, 2.24) is 0 Å². The minimum atomic E-state index is -4.48. The van der Waals surface area contributed by atoms with E-state index in [1.165, 1.54) is 12.3 Å². The van der Waals surface area contributed by atoms with Gasteiger partial charge in [-0.3, -0.25) is 4.55 Å². The first-order valence-electron chi connectivity index (χ1n) is 9.94. The standard InChI is InChI=1S/C24H14N4O4S/c29-33(30,31)23-7-8-32-24(23)21-12-20-11-18-4-3-16(26-18)9-14-1-2-15(25-14)10-17-5-6-19(27-17)13-22(21)28-20/h1-13H,(H,29,30,31). The normalized spacial score (nSPS) is 20.6. The summed E-state index contributed by atoms with van der Waals surface area (Å²) in [6.45, 7) is 0. The predicted octanol–water partition coefficient (Wildman–Crippen LogP) is 3.95. The highest BCUT2D eigenvalue weighted by atomic mass is 32.2. The van der Waals surface area contributed by atoms with Gasteiger partial charge in [-0.1, -0.05) is 0 Å². The number of furan rings is 1. The Morgan fingerprint density at radius 1 is 0.667 bits per heavy atom. The topological polar surface area (TPSA) is 117 Å². The van der Waals surface area contributed by atoms with E-state index in [1.807, 2.05) is 48.6 Å². The second-order valence-corrected chi connectivity index (χ2v) is 8.92. The Labute approximate surface area is 188 Å². The SMILES string of the molecule is O=S(=O)(O)c1ccoc1C1=CC2=NC1=CC1=NC(=CC3=NC(=CC4=NC(=C2)C=C4)C=C3)C=C1. The highest BCUT2D eigenvalue weighted by Gasteiger charge is 2.27. The van der Waals surface area contributed by atoms with Crippen LogP contribution in [-0.4, -0.2) is 35.8 Å². The minimum absolute atomic E-state index is 0.00449. The Balaban J connectivity index is 1.53. The molecule has 1 aromatic heterocycles. The number of allylic oxidation sites excluding steroid dienone is 12. The zero-order valence-corrected chi connectivity index (χ0v) is 17.7. The van der Waals surface area contributed by atoms with Gasteiger partial charge in [0.1, 0.15) is 4.90 Å². The van der Waals surface area contributed by atoms with Crippen molar-refractivity contribution in [2.45, 2.75) is 4.90 Å². The third-order valence-corrected chi connectivity index (χ3v) is 6.07. The molecule has 6 heterocycles. The summed E-state index contributed by atoms with van der Waals surface area (Å²) in [6, 6.07) is 1.20. The summed E-state index contributed by atoms with van der Waals surface area (Å²) in [5, 5.41) is 0. The van der Waals surface area contributed by atoms with Crippen LogP contribution in [0.25, 0.3) is 5.57 Å². The Hall–Kier alpha value is -4.21. The molecule has 0 aromatic carbocycles. The van der Waals surface area contributed by atoms with Crippen LogP contribution < -0.4 is 0 Å². The predicted molar refractivity (Wildman–Crippen MR) is 126 cm³/mol. The number of nitrogens with zero attached hydrogens (tertiary/aromatic N) is 4. The van der Waals surface area contributed by atoms with Gasteiger partial charge in [0, 0.05) is 5.57 Å². The molecule has 160 valence electrons. The van der Waals surface area contributed by atoms with Crippen LogP contribution in [0.4, 0.5) is 0 Å². The molecule has 1 N–H and O–H groups in total. The summed E-state index contributed by atoms with van der Waals surface area (Å²) < 4.78 is 38.7. The van der Waals surface area contributed by atoms with Gasteiger partial charge in [-0.25, -0.2) is 20.0 Å². The summed E-state index contributed by atoms with van der Waals surface area (Å²) in [4.78, 5) is 18.1. The summed E-state index contributed by atoms with van der Waals surface area (Å²) in [5.41, 5.74) is 5.78. The first kappa shape index (κ1) is 19.5. The lowest BCUT2D eigenvalue weighted by Crippen LogP contribution is -2.00. The monoisotopic (exact) mass is 454 g/mol. The van der Waals surface area contributed by atoms with E-state index in [1.54, 1.807) is 18.2 Å². The summed E-state index contributed by atoms with van der Waals surface area (Å²) in [7, 11) is -4.48. The molecule has 0 saturated heterocycles. The van der Waals surface area contributed by atoms with Crippen molar-refractivity contribution < 1.29 is 17.4 Å². The van der Waals surface area contributed by atoms with Crippen molar-refractivity contribution in [3.8, 4) is 0 Å². The number of hydrogen-bond donors (Lipinski definition) is 1. The lowest BCUT2D eigenvalue weighted by atomic mass is 10.1. The molecule has 0 radical (unpaired) electrons. The molecule has 0 spiro atoms. The van der Waals surface area contributed by atoms with Gasteiger partial charge in [-0.05, 0) is 72.9 Å². The molecule has 0 fully saturated rings. The van der Waals surface area contributed by atoms with Crippen molar-refractivity contribution in [2.24, 2.45) is 20.0 Å². The summed E-state index contributed by atoms with van der Waals surface area (Å²) >= 11 is 0. The van der Waals surface area contributed by atoms with Gasteiger partial charge in [-0.15, -0.1) is 0 Å². The maximum absolute atomic E-state index is 11.8. The van der Waals surface area contributed by atoms with E-state index in [9.17, 15) is 13.0 Å². The zero-order valence-electron chi connectivity index (χ0n) is 16.9. The van der Waals surface area contributed by atoms with Crippen LogP contribution in [0.5, 0.6) is 0 Å². The first-order chi connectivity index (χ1) is 15.9.